The van der Waals surface area contributed by atoms with Crippen molar-refractivity contribution in [2.75, 3.05) is 16.6 Å². The second-order valence-corrected chi connectivity index (χ2v) is 9.13. The average molecular weight is 511 g/mol. The predicted molar refractivity (Wildman–Crippen MR) is 137 cm³/mol. The monoisotopic (exact) mass is 510 g/mol. The maximum absolute atomic E-state index is 14.0. The van der Waals surface area contributed by atoms with Crippen LogP contribution >= 0.6 is 23.2 Å². The van der Waals surface area contributed by atoms with Gasteiger partial charge in [0.15, 0.2) is 5.41 Å². The first-order valence-corrected chi connectivity index (χ1v) is 12.1. The summed E-state index contributed by atoms with van der Waals surface area (Å²) in [6, 6.07) is 22.3. The number of hydrogen-bond donors (Lipinski definition) is 0. The largest absolute Gasteiger partial charge is 0.460 e. The van der Waals surface area contributed by atoms with Crippen LogP contribution in [0.2, 0.25) is 10.0 Å². The molecule has 4 rings (SSSR count). The molecule has 3 aromatic carbocycles. The van der Waals surface area contributed by atoms with E-state index in [1.165, 1.54) is 28.2 Å². The Bertz CT molecular complexity index is 1180. The van der Waals surface area contributed by atoms with Crippen molar-refractivity contribution < 1.29 is 19.1 Å². The molecule has 35 heavy (non-hydrogen) atoms. The third kappa shape index (κ3) is 4.77. The van der Waals surface area contributed by atoms with Gasteiger partial charge in [-0.3, -0.25) is 9.59 Å². The highest BCUT2D eigenvalue weighted by molar-refractivity contribution is 6.36. The van der Waals surface area contributed by atoms with E-state index in [0.29, 0.717) is 22.8 Å². The van der Waals surface area contributed by atoms with Crippen LogP contribution in [0.15, 0.2) is 78.9 Å². The molecule has 0 atom stereocenters. The van der Waals surface area contributed by atoms with Crippen LogP contribution in [-0.4, -0.2) is 24.4 Å². The molecule has 1 aliphatic rings. The van der Waals surface area contributed by atoms with E-state index in [1.54, 1.807) is 48.5 Å². The molecule has 0 radical (unpaired) electrons. The van der Waals surface area contributed by atoms with Crippen LogP contribution < -0.4 is 10.0 Å². The van der Waals surface area contributed by atoms with Crippen molar-refractivity contribution in [2.45, 2.75) is 26.2 Å². The maximum Gasteiger partial charge on any atom is 0.339 e. The van der Waals surface area contributed by atoms with Crippen molar-refractivity contribution >= 4 is 52.4 Å². The Morgan fingerprint density at radius 1 is 0.857 bits per heavy atom. The summed E-state index contributed by atoms with van der Waals surface area (Å²) in [5, 5.41) is 3.25. The van der Waals surface area contributed by atoms with Gasteiger partial charge in [0.05, 0.1) is 22.0 Å². The Morgan fingerprint density at radius 3 is 1.89 bits per heavy atom. The Balaban J connectivity index is 1.73. The SMILES string of the molecule is CCCCC1(COC(=O)c2ccc(Cl)cc2Cl)C(=O)N(c2ccccc2)N(c2ccccc2)C1=O. The fourth-order valence-corrected chi connectivity index (χ4v) is 4.58. The summed E-state index contributed by atoms with van der Waals surface area (Å²) in [6.45, 7) is 1.57. The maximum atomic E-state index is 14.0. The minimum absolute atomic E-state index is 0.111. The lowest BCUT2D eigenvalue weighted by Crippen LogP contribution is -2.42. The lowest BCUT2D eigenvalue weighted by atomic mass is 9.82. The van der Waals surface area contributed by atoms with Crippen molar-refractivity contribution in [3.63, 3.8) is 0 Å². The fraction of sp³-hybridized carbons (Fsp3) is 0.222. The first-order valence-electron chi connectivity index (χ1n) is 11.3. The minimum Gasteiger partial charge on any atom is -0.460 e. The second-order valence-electron chi connectivity index (χ2n) is 8.29. The van der Waals surface area contributed by atoms with Gasteiger partial charge in [-0.15, -0.1) is 0 Å². The number of rotatable bonds is 8. The van der Waals surface area contributed by atoms with Gasteiger partial charge in [0.1, 0.15) is 6.61 Å². The van der Waals surface area contributed by atoms with Crippen molar-refractivity contribution in [2.24, 2.45) is 5.41 Å². The number of unbranched alkanes of at least 4 members (excludes halogenated alkanes) is 1. The molecule has 0 saturated carbocycles. The lowest BCUT2D eigenvalue weighted by molar-refractivity contribution is -0.138. The summed E-state index contributed by atoms with van der Waals surface area (Å²) in [5.41, 5.74) is -0.379. The standard InChI is InChI=1S/C27H24Cl2N2O4/c1-2-3-16-27(18-35-24(32)22-15-14-19(28)17-23(22)29)25(33)30(20-10-6-4-7-11-20)31(26(27)34)21-12-8-5-9-13-21/h4-15,17H,2-3,16,18H2,1H3. The molecular formula is C27H24Cl2N2O4. The number of benzene rings is 3. The number of carbonyl (C=O) groups excluding carboxylic acids is 3. The van der Waals surface area contributed by atoms with E-state index < -0.39 is 29.8 Å². The van der Waals surface area contributed by atoms with Crippen LogP contribution in [0.5, 0.6) is 0 Å². The average Bonchev–Trinajstić information content (AvgIpc) is 3.09. The number of anilines is 2. The molecule has 2 amide bonds. The zero-order chi connectivity index (χ0) is 25.0. The van der Waals surface area contributed by atoms with Crippen molar-refractivity contribution in [1.82, 2.24) is 0 Å². The highest BCUT2D eigenvalue weighted by Crippen LogP contribution is 2.42. The van der Waals surface area contributed by atoms with Crippen LogP contribution in [0.25, 0.3) is 0 Å². The molecule has 0 unspecified atom stereocenters. The van der Waals surface area contributed by atoms with E-state index in [9.17, 15) is 14.4 Å². The van der Waals surface area contributed by atoms with Crippen LogP contribution in [0.1, 0.15) is 36.5 Å². The summed E-state index contributed by atoms with van der Waals surface area (Å²) in [5.74, 6) is -1.62. The van der Waals surface area contributed by atoms with Gasteiger partial charge in [-0.2, -0.15) is 0 Å². The third-order valence-electron chi connectivity index (χ3n) is 5.96. The Hall–Kier alpha value is -3.35. The first kappa shape index (κ1) is 24.8. The number of nitrogens with zero attached hydrogens (tertiary/aromatic N) is 2. The molecule has 1 saturated heterocycles. The quantitative estimate of drug-likeness (QED) is 0.262. The normalized spacial score (nSPS) is 14.9. The smallest absolute Gasteiger partial charge is 0.339 e. The summed E-state index contributed by atoms with van der Waals surface area (Å²) in [4.78, 5) is 40.9. The topological polar surface area (TPSA) is 66.9 Å². The molecule has 1 fully saturated rings. The summed E-state index contributed by atoms with van der Waals surface area (Å²) in [6.07, 6.45) is 1.59. The van der Waals surface area contributed by atoms with E-state index in [0.717, 1.165) is 6.42 Å². The van der Waals surface area contributed by atoms with Gasteiger partial charge in [0.25, 0.3) is 11.8 Å². The Labute approximate surface area is 214 Å². The van der Waals surface area contributed by atoms with Gasteiger partial charge in [0, 0.05) is 5.02 Å². The van der Waals surface area contributed by atoms with Gasteiger partial charge in [-0.1, -0.05) is 79.4 Å². The summed E-state index contributed by atoms with van der Waals surface area (Å²) < 4.78 is 5.58. The number of hydrogen-bond acceptors (Lipinski definition) is 4. The Morgan fingerprint density at radius 2 is 1.40 bits per heavy atom. The number of amides is 2. The van der Waals surface area contributed by atoms with Crippen molar-refractivity contribution in [3.05, 3.63) is 94.5 Å². The molecule has 0 spiro atoms. The zero-order valence-electron chi connectivity index (χ0n) is 19.1. The summed E-state index contributed by atoms with van der Waals surface area (Å²) >= 11 is 12.1. The van der Waals surface area contributed by atoms with Crippen molar-refractivity contribution in [3.8, 4) is 0 Å². The van der Waals surface area contributed by atoms with E-state index >= 15 is 0 Å². The molecule has 3 aromatic rings. The third-order valence-corrected chi connectivity index (χ3v) is 6.51. The van der Waals surface area contributed by atoms with Gasteiger partial charge < -0.3 is 4.74 Å². The predicted octanol–water partition coefficient (Wildman–Crippen LogP) is 6.32. The number of hydrazine groups is 1. The first-order chi connectivity index (χ1) is 16.9. The molecular weight excluding hydrogens is 487 g/mol. The van der Waals surface area contributed by atoms with Crippen LogP contribution in [0.4, 0.5) is 11.4 Å². The fourth-order valence-electron chi connectivity index (χ4n) is 4.09. The molecule has 180 valence electrons. The number of ether oxygens (including phenoxy) is 1. The lowest BCUT2D eigenvalue weighted by Gasteiger charge is -2.27. The van der Waals surface area contributed by atoms with Gasteiger partial charge in [-0.25, -0.2) is 14.8 Å². The van der Waals surface area contributed by atoms with E-state index in [4.69, 9.17) is 27.9 Å². The highest BCUT2D eigenvalue weighted by atomic mass is 35.5. The van der Waals surface area contributed by atoms with Crippen LogP contribution in [0.3, 0.4) is 0 Å². The molecule has 1 heterocycles. The van der Waals surface area contributed by atoms with Gasteiger partial charge >= 0.3 is 5.97 Å². The molecule has 0 bridgehead atoms. The molecule has 0 aromatic heterocycles. The molecule has 8 heteroatoms. The van der Waals surface area contributed by atoms with Crippen LogP contribution in [-0.2, 0) is 14.3 Å². The Kier molecular flexibility index (Phi) is 7.43. The van der Waals surface area contributed by atoms with Gasteiger partial charge in [-0.05, 0) is 48.9 Å². The number of halogens is 2. The zero-order valence-corrected chi connectivity index (χ0v) is 20.6. The highest BCUT2D eigenvalue weighted by Gasteiger charge is 2.59. The van der Waals surface area contributed by atoms with E-state index in [1.807, 2.05) is 19.1 Å². The molecule has 0 N–H and O–H groups in total. The van der Waals surface area contributed by atoms with Gasteiger partial charge in [0.2, 0.25) is 0 Å². The van der Waals surface area contributed by atoms with Crippen LogP contribution in [0, 0.1) is 5.41 Å². The molecule has 0 aliphatic carbocycles. The van der Waals surface area contributed by atoms with Crippen molar-refractivity contribution in [1.29, 1.82) is 0 Å². The molecule has 6 nitrogen and oxygen atoms in total. The van der Waals surface area contributed by atoms with E-state index in [-0.39, 0.29) is 17.0 Å². The number of esters is 1. The number of para-hydroxylation sites is 2. The second kappa shape index (κ2) is 10.5. The van der Waals surface area contributed by atoms with E-state index in [2.05, 4.69) is 0 Å². The molecule has 1 aliphatic heterocycles. The summed E-state index contributed by atoms with van der Waals surface area (Å²) in [7, 11) is 0. The minimum atomic E-state index is -1.57. The number of carbonyl (C=O) groups is 3.